The van der Waals surface area contributed by atoms with Crippen molar-refractivity contribution in [1.29, 1.82) is 0 Å². The van der Waals surface area contributed by atoms with Crippen molar-refractivity contribution in [3.8, 4) is 5.75 Å². The third kappa shape index (κ3) is 3.38. The van der Waals surface area contributed by atoms with Crippen molar-refractivity contribution in [2.75, 3.05) is 13.1 Å². The Bertz CT molecular complexity index is 797. The number of para-hydroxylation sites is 1. The molecule has 0 aliphatic carbocycles. The van der Waals surface area contributed by atoms with Gasteiger partial charge >= 0.3 is 0 Å². The summed E-state index contributed by atoms with van der Waals surface area (Å²) in [5.41, 5.74) is 2.06. The molecule has 2 atom stereocenters. The Hall–Kier alpha value is -2.01. The SMILES string of the molecule is CC1CCCN(C2=NC(=O)C(=CC3=Cc4ccccc4OC3C)S2)C1. The van der Waals surface area contributed by atoms with E-state index in [2.05, 4.69) is 22.9 Å². The van der Waals surface area contributed by atoms with E-state index in [0.29, 0.717) is 10.8 Å². The van der Waals surface area contributed by atoms with Crippen molar-refractivity contribution in [3.63, 3.8) is 0 Å². The van der Waals surface area contributed by atoms with Gasteiger partial charge in [-0.05, 0) is 61.2 Å². The summed E-state index contributed by atoms with van der Waals surface area (Å²) in [5, 5.41) is 0.855. The van der Waals surface area contributed by atoms with Crippen LogP contribution in [0.5, 0.6) is 5.75 Å². The summed E-state index contributed by atoms with van der Waals surface area (Å²) in [5.74, 6) is 1.41. The number of amidine groups is 1. The minimum atomic E-state index is -0.134. The third-order valence-electron chi connectivity index (χ3n) is 4.85. The van der Waals surface area contributed by atoms with Gasteiger partial charge in [-0.3, -0.25) is 4.79 Å². The van der Waals surface area contributed by atoms with E-state index in [4.69, 9.17) is 4.74 Å². The molecule has 0 saturated carbocycles. The molecular weight excluding hydrogens is 332 g/mol. The fourth-order valence-corrected chi connectivity index (χ4v) is 4.42. The summed E-state index contributed by atoms with van der Waals surface area (Å²) in [6, 6.07) is 7.97. The van der Waals surface area contributed by atoms with E-state index in [1.54, 1.807) is 0 Å². The van der Waals surface area contributed by atoms with Crippen molar-refractivity contribution < 1.29 is 9.53 Å². The minimum absolute atomic E-state index is 0.0742. The number of carbonyl (C=O) groups excluding carboxylic acids is 1. The molecule has 0 bridgehead atoms. The smallest absolute Gasteiger partial charge is 0.286 e. The lowest BCUT2D eigenvalue weighted by Crippen LogP contribution is -2.37. The monoisotopic (exact) mass is 354 g/mol. The van der Waals surface area contributed by atoms with Gasteiger partial charge in [0.05, 0.1) is 4.91 Å². The highest BCUT2D eigenvalue weighted by Gasteiger charge is 2.29. The first-order valence-electron chi connectivity index (χ1n) is 8.85. The van der Waals surface area contributed by atoms with E-state index < -0.39 is 0 Å². The predicted molar refractivity (Wildman–Crippen MR) is 103 cm³/mol. The van der Waals surface area contributed by atoms with Gasteiger partial charge in [-0.25, -0.2) is 0 Å². The van der Waals surface area contributed by atoms with Gasteiger partial charge < -0.3 is 9.64 Å². The summed E-state index contributed by atoms with van der Waals surface area (Å²) >= 11 is 1.50. The third-order valence-corrected chi connectivity index (χ3v) is 5.89. The summed E-state index contributed by atoms with van der Waals surface area (Å²) in [7, 11) is 0. The molecule has 1 saturated heterocycles. The Morgan fingerprint density at radius 1 is 1.32 bits per heavy atom. The van der Waals surface area contributed by atoms with Crippen molar-refractivity contribution in [3.05, 3.63) is 46.4 Å². The number of aliphatic imine (C=N–C) groups is 1. The van der Waals surface area contributed by atoms with E-state index in [1.165, 1.54) is 24.6 Å². The number of ether oxygens (including phenoxy) is 1. The van der Waals surface area contributed by atoms with Crippen LogP contribution < -0.4 is 4.74 Å². The van der Waals surface area contributed by atoms with E-state index in [0.717, 1.165) is 35.1 Å². The van der Waals surface area contributed by atoms with Gasteiger partial charge in [-0.1, -0.05) is 25.1 Å². The number of benzene rings is 1. The number of nitrogens with zero attached hydrogens (tertiary/aromatic N) is 2. The lowest BCUT2D eigenvalue weighted by molar-refractivity contribution is -0.113. The molecule has 4 rings (SSSR count). The van der Waals surface area contributed by atoms with Crippen molar-refractivity contribution in [1.82, 2.24) is 4.90 Å². The second-order valence-electron chi connectivity index (χ2n) is 6.95. The van der Waals surface area contributed by atoms with Crippen LogP contribution in [0.1, 0.15) is 32.3 Å². The van der Waals surface area contributed by atoms with Crippen LogP contribution in [-0.2, 0) is 4.79 Å². The van der Waals surface area contributed by atoms with Gasteiger partial charge in [-0.2, -0.15) is 4.99 Å². The number of likely N-dealkylation sites (tertiary alicyclic amines) is 1. The largest absolute Gasteiger partial charge is 0.485 e. The van der Waals surface area contributed by atoms with Crippen LogP contribution >= 0.6 is 11.8 Å². The lowest BCUT2D eigenvalue weighted by atomic mass is 10.0. The van der Waals surface area contributed by atoms with Gasteiger partial charge in [0.1, 0.15) is 11.9 Å². The number of hydrogen-bond acceptors (Lipinski definition) is 4. The zero-order valence-electron chi connectivity index (χ0n) is 14.6. The molecule has 3 heterocycles. The molecule has 1 aromatic carbocycles. The molecule has 3 aliphatic rings. The molecular formula is C20H22N2O2S. The number of fused-ring (bicyclic) bond motifs is 1. The summed E-state index contributed by atoms with van der Waals surface area (Å²) < 4.78 is 5.97. The average Bonchev–Trinajstić information content (AvgIpc) is 2.96. The second-order valence-corrected chi connectivity index (χ2v) is 7.95. The van der Waals surface area contributed by atoms with E-state index >= 15 is 0 Å². The fourth-order valence-electron chi connectivity index (χ4n) is 3.47. The Labute approximate surface area is 152 Å². The molecule has 0 N–H and O–H groups in total. The summed E-state index contributed by atoms with van der Waals surface area (Å²) in [6.45, 7) is 6.25. The van der Waals surface area contributed by atoms with Crippen LogP contribution in [-0.4, -0.2) is 35.2 Å². The number of rotatable bonds is 1. The van der Waals surface area contributed by atoms with Crippen LogP contribution in [0.2, 0.25) is 0 Å². The first-order valence-corrected chi connectivity index (χ1v) is 9.66. The molecule has 1 amide bonds. The zero-order chi connectivity index (χ0) is 17.4. The zero-order valence-corrected chi connectivity index (χ0v) is 15.4. The van der Waals surface area contributed by atoms with Gasteiger partial charge in [0, 0.05) is 18.7 Å². The highest BCUT2D eigenvalue weighted by molar-refractivity contribution is 8.18. The molecule has 1 aromatic rings. The number of amides is 1. The molecule has 0 spiro atoms. The highest BCUT2D eigenvalue weighted by Crippen LogP contribution is 2.35. The average molecular weight is 354 g/mol. The van der Waals surface area contributed by atoms with Gasteiger partial charge in [0.15, 0.2) is 5.17 Å². The number of thioether (sulfide) groups is 1. The van der Waals surface area contributed by atoms with Crippen LogP contribution in [0.25, 0.3) is 6.08 Å². The molecule has 25 heavy (non-hydrogen) atoms. The maximum absolute atomic E-state index is 12.4. The Morgan fingerprint density at radius 3 is 3.00 bits per heavy atom. The molecule has 0 radical (unpaired) electrons. The molecule has 4 nitrogen and oxygen atoms in total. The van der Waals surface area contributed by atoms with Crippen molar-refractivity contribution in [2.45, 2.75) is 32.8 Å². The van der Waals surface area contributed by atoms with Gasteiger partial charge in [0.25, 0.3) is 5.91 Å². The quantitative estimate of drug-likeness (QED) is 0.712. The second kappa shape index (κ2) is 6.71. The van der Waals surface area contributed by atoms with Crippen molar-refractivity contribution >= 4 is 28.9 Å². The van der Waals surface area contributed by atoms with E-state index in [-0.39, 0.29) is 12.0 Å². The first-order chi connectivity index (χ1) is 12.1. The number of piperidine rings is 1. The normalized spacial score (nSPS) is 27.7. The molecule has 5 heteroatoms. The predicted octanol–water partition coefficient (Wildman–Crippen LogP) is 4.10. The summed E-state index contributed by atoms with van der Waals surface area (Å²) in [4.78, 5) is 19.6. The molecule has 3 aliphatic heterocycles. The first kappa shape index (κ1) is 16.5. The van der Waals surface area contributed by atoms with Gasteiger partial charge in [-0.15, -0.1) is 0 Å². The van der Waals surface area contributed by atoms with E-state index in [1.807, 2.05) is 37.3 Å². The minimum Gasteiger partial charge on any atom is -0.485 e. The molecule has 0 aromatic heterocycles. The number of carbonyl (C=O) groups is 1. The fraction of sp³-hybridized carbons (Fsp3) is 0.400. The Morgan fingerprint density at radius 2 is 2.16 bits per heavy atom. The van der Waals surface area contributed by atoms with Crippen molar-refractivity contribution in [2.24, 2.45) is 10.9 Å². The van der Waals surface area contributed by atoms with Crippen LogP contribution in [0.15, 0.2) is 45.8 Å². The maximum Gasteiger partial charge on any atom is 0.286 e. The van der Waals surface area contributed by atoms with Crippen LogP contribution in [0.4, 0.5) is 0 Å². The Kier molecular flexibility index (Phi) is 4.42. The van der Waals surface area contributed by atoms with Crippen LogP contribution in [0.3, 0.4) is 0 Å². The van der Waals surface area contributed by atoms with E-state index in [9.17, 15) is 4.79 Å². The maximum atomic E-state index is 12.4. The highest BCUT2D eigenvalue weighted by atomic mass is 32.2. The molecule has 1 fully saturated rings. The number of hydrogen-bond donors (Lipinski definition) is 0. The standard InChI is InChI=1S/C20H22N2O2S/c1-13-6-5-9-22(12-13)20-21-19(23)18(25-20)11-16-10-15-7-3-4-8-17(15)24-14(16)2/h3-4,7-8,10-11,13-14H,5-6,9,12H2,1-2H3. The van der Waals surface area contributed by atoms with Crippen LogP contribution in [0, 0.1) is 5.92 Å². The molecule has 130 valence electrons. The topological polar surface area (TPSA) is 41.9 Å². The lowest BCUT2D eigenvalue weighted by Gasteiger charge is -2.31. The molecule has 2 unspecified atom stereocenters. The summed E-state index contributed by atoms with van der Waals surface area (Å²) in [6.07, 6.45) is 6.39. The van der Waals surface area contributed by atoms with Gasteiger partial charge in [0.2, 0.25) is 0 Å². The Balaban J connectivity index is 1.55.